The molecule has 1 saturated carbocycles. The number of nitrogens with one attached hydrogen (secondary N) is 1. The van der Waals surface area contributed by atoms with E-state index >= 15 is 0 Å². The maximum absolute atomic E-state index is 3.53. The number of benzene rings is 1. The number of rotatable bonds is 6. The molecule has 0 unspecified atom stereocenters. The molecule has 98 valence electrons. The first-order chi connectivity index (χ1) is 8.66. The van der Waals surface area contributed by atoms with Crippen LogP contribution in [0.25, 0.3) is 0 Å². The van der Waals surface area contributed by atoms with Gasteiger partial charge < -0.3 is 5.32 Å². The Labute approximate surface area is 111 Å². The standard InChI is InChI=1S/C17H25N/c1-13-11-14(2)17(15(3)12-13)7-5-4-6-10-18-16-8-9-16/h4-5,11-12,16,18H,6-10H2,1-3H3. The molecule has 0 saturated heterocycles. The van der Waals surface area contributed by atoms with E-state index in [9.17, 15) is 0 Å². The van der Waals surface area contributed by atoms with E-state index in [0.29, 0.717) is 0 Å². The predicted octanol–water partition coefficient (Wildman–Crippen LogP) is 3.85. The first-order valence-electron chi connectivity index (χ1n) is 7.12. The Kier molecular flexibility index (Phi) is 4.60. The Morgan fingerprint density at radius 1 is 1.11 bits per heavy atom. The molecule has 1 aromatic carbocycles. The van der Waals surface area contributed by atoms with Gasteiger partial charge >= 0.3 is 0 Å². The van der Waals surface area contributed by atoms with Crippen LogP contribution in [0.1, 0.15) is 41.5 Å². The monoisotopic (exact) mass is 243 g/mol. The van der Waals surface area contributed by atoms with Gasteiger partial charge in [0.05, 0.1) is 0 Å². The quantitative estimate of drug-likeness (QED) is 0.591. The number of aryl methyl sites for hydroxylation is 3. The van der Waals surface area contributed by atoms with Crippen LogP contribution in [0.2, 0.25) is 0 Å². The van der Waals surface area contributed by atoms with Crippen LogP contribution in [-0.4, -0.2) is 12.6 Å². The lowest BCUT2D eigenvalue weighted by atomic mass is 9.97. The van der Waals surface area contributed by atoms with Crippen molar-refractivity contribution in [2.45, 2.75) is 52.5 Å². The van der Waals surface area contributed by atoms with Crippen molar-refractivity contribution in [1.82, 2.24) is 5.32 Å². The van der Waals surface area contributed by atoms with Crippen molar-refractivity contribution in [1.29, 1.82) is 0 Å². The van der Waals surface area contributed by atoms with Gasteiger partial charge in [-0.2, -0.15) is 0 Å². The van der Waals surface area contributed by atoms with Crippen LogP contribution in [0, 0.1) is 20.8 Å². The van der Waals surface area contributed by atoms with E-state index in [1.165, 1.54) is 35.1 Å². The molecule has 1 heteroatoms. The molecule has 0 aliphatic heterocycles. The third kappa shape index (κ3) is 3.99. The maximum atomic E-state index is 3.53. The van der Waals surface area contributed by atoms with Crippen LogP contribution in [0.4, 0.5) is 0 Å². The van der Waals surface area contributed by atoms with Crippen LogP contribution >= 0.6 is 0 Å². The average molecular weight is 243 g/mol. The van der Waals surface area contributed by atoms with E-state index in [2.05, 4.69) is 50.4 Å². The zero-order valence-electron chi connectivity index (χ0n) is 11.9. The van der Waals surface area contributed by atoms with E-state index < -0.39 is 0 Å². The van der Waals surface area contributed by atoms with E-state index in [0.717, 1.165) is 25.4 Å². The summed E-state index contributed by atoms with van der Waals surface area (Å²) in [6, 6.07) is 5.40. The van der Waals surface area contributed by atoms with E-state index in [1.807, 2.05) is 0 Å². The molecule has 1 aliphatic rings. The topological polar surface area (TPSA) is 12.0 Å². The molecule has 1 aliphatic carbocycles. The Morgan fingerprint density at radius 2 is 1.78 bits per heavy atom. The van der Waals surface area contributed by atoms with Crippen LogP contribution in [0.5, 0.6) is 0 Å². The van der Waals surface area contributed by atoms with Gasteiger partial charge in [0.1, 0.15) is 0 Å². The number of hydrogen-bond acceptors (Lipinski definition) is 1. The van der Waals surface area contributed by atoms with E-state index in [4.69, 9.17) is 0 Å². The summed E-state index contributed by atoms with van der Waals surface area (Å²) in [5.41, 5.74) is 5.71. The minimum absolute atomic E-state index is 0.833. The third-order valence-corrected chi connectivity index (χ3v) is 3.65. The van der Waals surface area contributed by atoms with Gasteiger partial charge in [-0.15, -0.1) is 0 Å². The fourth-order valence-electron chi connectivity index (χ4n) is 2.51. The minimum atomic E-state index is 0.833. The van der Waals surface area contributed by atoms with Crippen LogP contribution in [0.3, 0.4) is 0 Å². The highest BCUT2D eigenvalue weighted by atomic mass is 14.9. The van der Waals surface area contributed by atoms with Gasteiger partial charge in [-0.05, 0) is 69.7 Å². The van der Waals surface area contributed by atoms with Crippen molar-refractivity contribution >= 4 is 0 Å². The maximum Gasteiger partial charge on any atom is 0.00683 e. The summed E-state index contributed by atoms with van der Waals surface area (Å²) < 4.78 is 0. The lowest BCUT2D eigenvalue weighted by molar-refractivity contribution is 0.690. The molecule has 0 amide bonds. The Balaban J connectivity index is 1.79. The van der Waals surface area contributed by atoms with Crippen molar-refractivity contribution in [3.8, 4) is 0 Å². The Bertz CT molecular complexity index is 404. The Hall–Kier alpha value is -1.08. The SMILES string of the molecule is Cc1cc(C)c(CC=CCCNC2CC2)c(C)c1. The molecule has 1 nitrogen and oxygen atoms in total. The van der Waals surface area contributed by atoms with Gasteiger partial charge in [0.15, 0.2) is 0 Å². The van der Waals surface area contributed by atoms with Crippen molar-refractivity contribution in [2.75, 3.05) is 6.54 Å². The van der Waals surface area contributed by atoms with Gasteiger partial charge in [-0.1, -0.05) is 29.8 Å². The molecule has 0 atom stereocenters. The third-order valence-electron chi connectivity index (χ3n) is 3.65. The Morgan fingerprint density at radius 3 is 2.39 bits per heavy atom. The van der Waals surface area contributed by atoms with Crippen LogP contribution < -0.4 is 5.32 Å². The zero-order chi connectivity index (χ0) is 13.0. The summed E-state index contributed by atoms with van der Waals surface area (Å²) >= 11 is 0. The molecule has 1 N–H and O–H groups in total. The lowest BCUT2D eigenvalue weighted by Crippen LogP contribution is -2.16. The largest absolute Gasteiger partial charge is 0.314 e. The van der Waals surface area contributed by atoms with Gasteiger partial charge in [-0.3, -0.25) is 0 Å². The highest BCUT2D eigenvalue weighted by Crippen LogP contribution is 2.18. The first kappa shape index (κ1) is 13.4. The highest BCUT2D eigenvalue weighted by Gasteiger charge is 2.19. The van der Waals surface area contributed by atoms with Crippen molar-refractivity contribution < 1.29 is 0 Å². The van der Waals surface area contributed by atoms with Gasteiger partial charge in [0.25, 0.3) is 0 Å². The van der Waals surface area contributed by atoms with Crippen molar-refractivity contribution in [3.63, 3.8) is 0 Å². The van der Waals surface area contributed by atoms with Crippen molar-refractivity contribution in [2.24, 2.45) is 0 Å². The summed E-state index contributed by atoms with van der Waals surface area (Å²) in [6.45, 7) is 7.74. The molecule has 18 heavy (non-hydrogen) atoms. The van der Waals surface area contributed by atoms with E-state index in [-0.39, 0.29) is 0 Å². The molecular weight excluding hydrogens is 218 g/mol. The van der Waals surface area contributed by atoms with Crippen molar-refractivity contribution in [3.05, 3.63) is 46.5 Å². The summed E-state index contributed by atoms with van der Waals surface area (Å²) in [5.74, 6) is 0. The number of allylic oxidation sites excluding steroid dienone is 1. The molecule has 0 heterocycles. The van der Waals surface area contributed by atoms with Gasteiger partial charge in [0.2, 0.25) is 0 Å². The molecule has 0 bridgehead atoms. The second-order valence-corrected chi connectivity index (χ2v) is 5.57. The smallest absolute Gasteiger partial charge is 0.00683 e. The summed E-state index contributed by atoms with van der Waals surface area (Å²) in [7, 11) is 0. The molecule has 0 radical (unpaired) electrons. The molecule has 1 fully saturated rings. The lowest BCUT2D eigenvalue weighted by Gasteiger charge is -2.09. The average Bonchev–Trinajstić information content (AvgIpc) is 3.09. The van der Waals surface area contributed by atoms with Crippen LogP contribution in [-0.2, 0) is 6.42 Å². The summed E-state index contributed by atoms with van der Waals surface area (Å²) in [4.78, 5) is 0. The van der Waals surface area contributed by atoms with Crippen LogP contribution in [0.15, 0.2) is 24.3 Å². The molecule has 1 aromatic rings. The predicted molar refractivity (Wildman–Crippen MR) is 79.1 cm³/mol. The van der Waals surface area contributed by atoms with Gasteiger partial charge in [-0.25, -0.2) is 0 Å². The van der Waals surface area contributed by atoms with Gasteiger partial charge in [0, 0.05) is 6.04 Å². The highest BCUT2D eigenvalue weighted by molar-refractivity contribution is 5.38. The molecule has 0 spiro atoms. The molecular formula is C17H25N. The normalized spacial score (nSPS) is 15.5. The second-order valence-electron chi connectivity index (χ2n) is 5.57. The minimum Gasteiger partial charge on any atom is -0.314 e. The summed E-state index contributed by atoms with van der Waals surface area (Å²) in [6.07, 6.45) is 9.62. The zero-order valence-corrected chi connectivity index (χ0v) is 11.9. The van der Waals surface area contributed by atoms with E-state index in [1.54, 1.807) is 0 Å². The second kappa shape index (κ2) is 6.19. The fourth-order valence-corrected chi connectivity index (χ4v) is 2.51. The fraction of sp³-hybridized carbons (Fsp3) is 0.529. The molecule has 2 rings (SSSR count). The summed E-state index contributed by atoms with van der Waals surface area (Å²) in [5, 5.41) is 3.53. The molecule has 0 aromatic heterocycles. The number of hydrogen-bond donors (Lipinski definition) is 1. The first-order valence-corrected chi connectivity index (χ1v) is 7.12.